The molecular weight excluding hydrogens is 341 g/mol. The molecular formula is C22H20FN3O. The van der Waals surface area contributed by atoms with Gasteiger partial charge in [-0.25, -0.2) is 4.39 Å². The highest BCUT2D eigenvalue weighted by molar-refractivity contribution is 5.92. The lowest BCUT2D eigenvalue weighted by molar-refractivity contribution is 0.0727. The van der Waals surface area contributed by atoms with Crippen LogP contribution >= 0.6 is 0 Å². The summed E-state index contributed by atoms with van der Waals surface area (Å²) in [5, 5.41) is 0. The number of aryl methyl sites for hydroxylation is 1. The van der Waals surface area contributed by atoms with Gasteiger partial charge in [0.25, 0.3) is 5.91 Å². The number of benzene rings is 1. The summed E-state index contributed by atoms with van der Waals surface area (Å²) in [6, 6.07) is 15.7. The molecule has 4 rings (SSSR count). The molecule has 27 heavy (non-hydrogen) atoms. The number of rotatable bonds is 3. The number of carbonyl (C=O) groups is 1. The van der Waals surface area contributed by atoms with Crippen LogP contribution in [0.5, 0.6) is 0 Å². The van der Waals surface area contributed by atoms with E-state index in [2.05, 4.69) is 4.98 Å². The molecule has 1 fully saturated rings. The summed E-state index contributed by atoms with van der Waals surface area (Å²) < 4.78 is 13.2. The molecule has 2 aromatic heterocycles. The summed E-state index contributed by atoms with van der Waals surface area (Å²) in [5.74, 6) is -0.322. The van der Waals surface area contributed by atoms with Gasteiger partial charge in [-0.2, -0.15) is 0 Å². The quantitative estimate of drug-likeness (QED) is 0.687. The third kappa shape index (κ3) is 3.58. The molecule has 0 bridgehead atoms. The van der Waals surface area contributed by atoms with Gasteiger partial charge >= 0.3 is 0 Å². The molecule has 1 aliphatic heterocycles. The maximum absolute atomic E-state index is 13.2. The topological polar surface area (TPSA) is 46.1 Å². The number of nitrogens with zero attached hydrogens (tertiary/aromatic N) is 3. The molecule has 136 valence electrons. The molecule has 0 unspecified atom stereocenters. The van der Waals surface area contributed by atoms with Crippen molar-refractivity contribution in [1.29, 1.82) is 0 Å². The number of hydrogen-bond acceptors (Lipinski definition) is 3. The van der Waals surface area contributed by atoms with E-state index in [0.717, 1.165) is 35.4 Å². The largest absolute Gasteiger partial charge is 0.329 e. The van der Waals surface area contributed by atoms with Crippen molar-refractivity contribution >= 4 is 5.91 Å². The van der Waals surface area contributed by atoms with E-state index in [9.17, 15) is 9.18 Å². The average molecular weight is 361 g/mol. The van der Waals surface area contributed by atoms with Crippen LogP contribution in [0.1, 0.15) is 40.8 Å². The van der Waals surface area contributed by atoms with Crippen molar-refractivity contribution in [2.24, 2.45) is 0 Å². The van der Waals surface area contributed by atoms with Gasteiger partial charge < -0.3 is 4.90 Å². The molecule has 3 aromatic rings. The second kappa shape index (κ2) is 7.27. The zero-order valence-electron chi connectivity index (χ0n) is 15.1. The number of likely N-dealkylation sites (tertiary alicyclic amines) is 1. The van der Waals surface area contributed by atoms with Gasteiger partial charge in [-0.15, -0.1) is 0 Å². The summed E-state index contributed by atoms with van der Waals surface area (Å²) in [5.41, 5.74) is 4.12. The number of halogens is 1. The first kappa shape index (κ1) is 17.3. The molecule has 0 radical (unpaired) electrons. The monoisotopic (exact) mass is 361 g/mol. The Labute approximate surface area is 157 Å². The zero-order chi connectivity index (χ0) is 18.8. The minimum absolute atomic E-state index is 0.0651. The molecule has 5 heteroatoms. The minimum Gasteiger partial charge on any atom is -0.329 e. The molecule has 1 saturated heterocycles. The summed E-state index contributed by atoms with van der Waals surface area (Å²) >= 11 is 0. The Bertz CT molecular complexity index is 957. The van der Waals surface area contributed by atoms with Gasteiger partial charge in [0.05, 0.1) is 11.7 Å². The van der Waals surface area contributed by atoms with Crippen molar-refractivity contribution in [3.63, 3.8) is 0 Å². The number of hydrogen-bond donors (Lipinski definition) is 0. The van der Waals surface area contributed by atoms with Gasteiger partial charge in [-0.3, -0.25) is 14.8 Å². The average Bonchev–Trinajstić information content (AvgIpc) is 3.18. The van der Waals surface area contributed by atoms with E-state index in [0.29, 0.717) is 12.2 Å². The van der Waals surface area contributed by atoms with Gasteiger partial charge in [0.2, 0.25) is 0 Å². The number of amides is 1. The van der Waals surface area contributed by atoms with Crippen LogP contribution in [0.4, 0.5) is 4.39 Å². The van der Waals surface area contributed by atoms with E-state index in [1.807, 2.05) is 30.0 Å². The van der Waals surface area contributed by atoms with E-state index in [1.165, 1.54) is 12.1 Å². The summed E-state index contributed by atoms with van der Waals surface area (Å²) in [4.78, 5) is 23.7. The predicted molar refractivity (Wildman–Crippen MR) is 102 cm³/mol. The van der Waals surface area contributed by atoms with Gasteiger partial charge in [-0.05, 0) is 67.3 Å². The fraction of sp³-hybridized carbons (Fsp3) is 0.227. The van der Waals surface area contributed by atoms with Gasteiger partial charge in [0.15, 0.2) is 0 Å². The molecule has 0 aliphatic carbocycles. The molecule has 3 heterocycles. The fourth-order valence-electron chi connectivity index (χ4n) is 3.63. The van der Waals surface area contributed by atoms with Crippen LogP contribution < -0.4 is 0 Å². The number of pyridine rings is 2. The SMILES string of the molecule is Cc1cc(-c2ccc(F)cc2)cc([C@H]2CCCN2C(=O)c2ccccn2)n1. The predicted octanol–water partition coefficient (Wildman–Crippen LogP) is 4.57. The molecule has 0 N–H and O–H groups in total. The molecule has 1 aliphatic rings. The normalized spacial score (nSPS) is 16.5. The number of aromatic nitrogens is 2. The van der Waals surface area contributed by atoms with Crippen molar-refractivity contribution in [2.45, 2.75) is 25.8 Å². The third-order valence-corrected chi connectivity index (χ3v) is 4.89. The van der Waals surface area contributed by atoms with Crippen LogP contribution in [0.15, 0.2) is 60.8 Å². The second-order valence-electron chi connectivity index (χ2n) is 6.80. The highest BCUT2D eigenvalue weighted by Gasteiger charge is 2.32. The van der Waals surface area contributed by atoms with Gasteiger partial charge in [0, 0.05) is 18.4 Å². The molecule has 4 nitrogen and oxygen atoms in total. The van der Waals surface area contributed by atoms with Crippen LogP contribution in [0.25, 0.3) is 11.1 Å². The summed E-state index contributed by atoms with van der Waals surface area (Å²) in [6.45, 7) is 2.64. The third-order valence-electron chi connectivity index (χ3n) is 4.89. The first-order valence-corrected chi connectivity index (χ1v) is 9.08. The van der Waals surface area contributed by atoms with Crippen LogP contribution in [-0.4, -0.2) is 27.3 Å². The van der Waals surface area contributed by atoms with E-state index in [-0.39, 0.29) is 17.8 Å². The lowest BCUT2D eigenvalue weighted by atomic mass is 10.0. The number of carbonyl (C=O) groups excluding carboxylic acids is 1. The first-order valence-electron chi connectivity index (χ1n) is 9.08. The van der Waals surface area contributed by atoms with Crippen molar-refractivity contribution in [3.8, 4) is 11.1 Å². The standard InChI is InChI=1S/C22H20FN3O/c1-15-13-17(16-7-9-18(23)10-8-16)14-20(25-15)21-6-4-12-26(21)22(27)19-5-2-3-11-24-19/h2-3,5,7-11,13-14,21H,4,6,12H2,1H3/t21-/m1/s1. The van der Waals surface area contributed by atoms with Crippen LogP contribution in [-0.2, 0) is 0 Å². The molecule has 1 aromatic carbocycles. The Morgan fingerprint density at radius 2 is 1.93 bits per heavy atom. The fourth-order valence-corrected chi connectivity index (χ4v) is 3.63. The van der Waals surface area contributed by atoms with Crippen molar-refractivity contribution in [1.82, 2.24) is 14.9 Å². The van der Waals surface area contributed by atoms with Crippen molar-refractivity contribution in [2.75, 3.05) is 6.54 Å². The van der Waals surface area contributed by atoms with Crippen molar-refractivity contribution < 1.29 is 9.18 Å². The Morgan fingerprint density at radius 1 is 1.11 bits per heavy atom. The van der Waals surface area contributed by atoms with E-state index in [1.54, 1.807) is 30.5 Å². The Balaban J connectivity index is 1.68. The van der Waals surface area contributed by atoms with Crippen LogP contribution in [0.2, 0.25) is 0 Å². The lowest BCUT2D eigenvalue weighted by Gasteiger charge is -2.24. The zero-order valence-corrected chi connectivity index (χ0v) is 15.1. The first-order chi connectivity index (χ1) is 13.1. The Hall–Kier alpha value is -3.08. The Morgan fingerprint density at radius 3 is 2.67 bits per heavy atom. The Kier molecular flexibility index (Phi) is 4.67. The van der Waals surface area contributed by atoms with Crippen molar-refractivity contribution in [3.05, 3.63) is 83.7 Å². The summed E-state index contributed by atoms with van der Waals surface area (Å²) in [6.07, 6.45) is 3.44. The lowest BCUT2D eigenvalue weighted by Crippen LogP contribution is -2.31. The highest BCUT2D eigenvalue weighted by atomic mass is 19.1. The van der Waals surface area contributed by atoms with Gasteiger partial charge in [0.1, 0.15) is 11.5 Å². The molecule has 1 amide bonds. The smallest absolute Gasteiger partial charge is 0.273 e. The van der Waals surface area contributed by atoms with E-state index >= 15 is 0 Å². The van der Waals surface area contributed by atoms with Gasteiger partial charge in [-0.1, -0.05) is 18.2 Å². The second-order valence-corrected chi connectivity index (χ2v) is 6.80. The maximum atomic E-state index is 13.2. The minimum atomic E-state index is -0.257. The molecule has 1 atom stereocenters. The summed E-state index contributed by atoms with van der Waals surface area (Å²) in [7, 11) is 0. The van der Waals surface area contributed by atoms with E-state index < -0.39 is 0 Å². The molecule has 0 spiro atoms. The maximum Gasteiger partial charge on any atom is 0.273 e. The van der Waals surface area contributed by atoms with Crippen LogP contribution in [0.3, 0.4) is 0 Å². The van der Waals surface area contributed by atoms with E-state index in [4.69, 9.17) is 4.98 Å². The molecule has 0 saturated carbocycles. The highest BCUT2D eigenvalue weighted by Crippen LogP contribution is 2.34. The van der Waals surface area contributed by atoms with Crippen LogP contribution in [0, 0.1) is 12.7 Å².